The van der Waals surface area contributed by atoms with Crippen molar-refractivity contribution in [1.82, 2.24) is 9.97 Å². The van der Waals surface area contributed by atoms with Gasteiger partial charge in [0, 0.05) is 13.2 Å². The van der Waals surface area contributed by atoms with E-state index in [1.807, 2.05) is 0 Å². The molecule has 0 bridgehead atoms. The molecule has 0 atom stereocenters. The Bertz CT molecular complexity index is 634. The fraction of sp³-hybridized carbons (Fsp3) is 0.231. The number of hydrogen-bond donors (Lipinski definition) is 2. The maximum Gasteiger partial charge on any atom is 0.158 e. The molecule has 3 N–H and O–H groups in total. The molecule has 0 unspecified atom stereocenters. The van der Waals surface area contributed by atoms with Crippen LogP contribution in [0.2, 0.25) is 0 Å². The van der Waals surface area contributed by atoms with E-state index in [0.717, 1.165) is 0 Å². The number of rotatable bonds is 4. The predicted octanol–water partition coefficient (Wildman–Crippen LogP) is 2.54. The number of hydrogen-bond acceptors (Lipinski definition) is 5. The van der Waals surface area contributed by atoms with Gasteiger partial charge in [0.25, 0.3) is 0 Å². The van der Waals surface area contributed by atoms with Crippen LogP contribution in [-0.2, 0) is 11.3 Å². The summed E-state index contributed by atoms with van der Waals surface area (Å²) in [6.07, 6.45) is 0. The summed E-state index contributed by atoms with van der Waals surface area (Å²) in [5.74, 6) is -0.673. The second kappa shape index (κ2) is 5.79. The van der Waals surface area contributed by atoms with E-state index in [1.165, 1.54) is 25.3 Å². The third kappa shape index (κ3) is 3.00. The third-order valence-electron chi connectivity index (χ3n) is 2.60. The Hall–Kier alpha value is -2.28. The van der Waals surface area contributed by atoms with Gasteiger partial charge in [0.05, 0.1) is 0 Å². The Kier molecular flexibility index (Phi) is 4.09. The van der Waals surface area contributed by atoms with E-state index in [2.05, 4.69) is 15.3 Å². The molecule has 106 valence electrons. The van der Waals surface area contributed by atoms with Gasteiger partial charge in [-0.2, -0.15) is 0 Å². The highest BCUT2D eigenvalue weighted by Gasteiger charge is 2.13. The first-order valence-electron chi connectivity index (χ1n) is 5.85. The first kappa shape index (κ1) is 14.1. The van der Waals surface area contributed by atoms with E-state index >= 15 is 0 Å². The molecular formula is C13H14F2N4O. The highest BCUT2D eigenvalue weighted by molar-refractivity contribution is 5.60. The SMILES string of the molecule is COCc1nc(N)cc(Nc2c(F)ccc(C)c2F)n1. The van der Waals surface area contributed by atoms with Gasteiger partial charge < -0.3 is 15.8 Å². The van der Waals surface area contributed by atoms with Crippen molar-refractivity contribution in [2.75, 3.05) is 18.2 Å². The summed E-state index contributed by atoms with van der Waals surface area (Å²) in [4.78, 5) is 8.01. The Morgan fingerprint density at radius 3 is 2.75 bits per heavy atom. The minimum Gasteiger partial charge on any atom is -0.384 e. The van der Waals surface area contributed by atoms with Crippen LogP contribution in [0.3, 0.4) is 0 Å². The van der Waals surface area contributed by atoms with E-state index in [9.17, 15) is 8.78 Å². The van der Waals surface area contributed by atoms with Gasteiger partial charge in [-0.1, -0.05) is 6.07 Å². The molecule has 1 heterocycles. The van der Waals surface area contributed by atoms with Gasteiger partial charge in [-0.3, -0.25) is 0 Å². The van der Waals surface area contributed by atoms with E-state index in [-0.39, 0.29) is 23.9 Å². The highest BCUT2D eigenvalue weighted by Crippen LogP contribution is 2.25. The van der Waals surface area contributed by atoms with Crippen LogP contribution in [0.1, 0.15) is 11.4 Å². The van der Waals surface area contributed by atoms with Crippen molar-refractivity contribution >= 4 is 17.3 Å². The zero-order valence-electron chi connectivity index (χ0n) is 11.1. The van der Waals surface area contributed by atoms with Gasteiger partial charge in [-0.15, -0.1) is 0 Å². The fourth-order valence-corrected chi connectivity index (χ4v) is 1.67. The van der Waals surface area contributed by atoms with Gasteiger partial charge in [-0.05, 0) is 18.6 Å². The predicted molar refractivity (Wildman–Crippen MR) is 71.5 cm³/mol. The summed E-state index contributed by atoms with van der Waals surface area (Å²) in [5.41, 5.74) is 5.67. The lowest BCUT2D eigenvalue weighted by Crippen LogP contribution is -2.06. The number of aryl methyl sites for hydroxylation is 1. The molecule has 0 saturated heterocycles. The summed E-state index contributed by atoms with van der Waals surface area (Å²) in [5, 5.41) is 2.58. The van der Waals surface area contributed by atoms with Gasteiger partial charge in [0.1, 0.15) is 29.7 Å². The van der Waals surface area contributed by atoms with Crippen LogP contribution in [0.25, 0.3) is 0 Å². The second-order valence-electron chi connectivity index (χ2n) is 4.21. The third-order valence-corrected chi connectivity index (χ3v) is 2.60. The van der Waals surface area contributed by atoms with Crippen molar-refractivity contribution in [2.45, 2.75) is 13.5 Å². The van der Waals surface area contributed by atoms with Crippen molar-refractivity contribution in [1.29, 1.82) is 0 Å². The summed E-state index contributed by atoms with van der Waals surface area (Å²) < 4.78 is 32.5. The zero-order chi connectivity index (χ0) is 14.7. The van der Waals surface area contributed by atoms with E-state index in [1.54, 1.807) is 6.92 Å². The minimum atomic E-state index is -0.710. The summed E-state index contributed by atoms with van der Waals surface area (Å²) >= 11 is 0. The molecule has 0 aliphatic carbocycles. The fourth-order valence-electron chi connectivity index (χ4n) is 1.67. The number of nitrogens with two attached hydrogens (primary N) is 1. The second-order valence-corrected chi connectivity index (χ2v) is 4.21. The lowest BCUT2D eigenvalue weighted by atomic mass is 10.2. The molecule has 1 aromatic heterocycles. The standard InChI is InChI=1S/C13H14F2N4O/c1-7-3-4-8(14)13(12(7)15)19-10-5-9(16)17-11(18-10)6-20-2/h3-5H,6H2,1-2H3,(H3,16,17,18,19). The summed E-state index contributed by atoms with van der Waals surface area (Å²) in [6.45, 7) is 1.70. The van der Waals surface area contributed by atoms with Crippen molar-refractivity contribution < 1.29 is 13.5 Å². The van der Waals surface area contributed by atoms with E-state index in [4.69, 9.17) is 10.5 Å². The monoisotopic (exact) mass is 280 g/mol. The van der Waals surface area contributed by atoms with Crippen molar-refractivity contribution in [2.24, 2.45) is 0 Å². The maximum atomic E-state index is 13.9. The van der Waals surface area contributed by atoms with Crippen molar-refractivity contribution in [3.05, 3.63) is 41.2 Å². The molecule has 0 radical (unpaired) electrons. The number of anilines is 3. The van der Waals surface area contributed by atoms with Gasteiger partial charge in [0.2, 0.25) is 0 Å². The molecule has 2 rings (SSSR count). The first-order chi connectivity index (χ1) is 9.51. The molecule has 0 aliphatic heterocycles. The Morgan fingerprint density at radius 1 is 1.30 bits per heavy atom. The van der Waals surface area contributed by atoms with Crippen molar-refractivity contribution in [3.63, 3.8) is 0 Å². The van der Waals surface area contributed by atoms with Crippen LogP contribution in [-0.4, -0.2) is 17.1 Å². The quantitative estimate of drug-likeness (QED) is 0.900. The lowest BCUT2D eigenvalue weighted by molar-refractivity contribution is 0.178. The van der Waals surface area contributed by atoms with Crippen LogP contribution < -0.4 is 11.1 Å². The van der Waals surface area contributed by atoms with Crippen LogP contribution in [0.15, 0.2) is 18.2 Å². The zero-order valence-corrected chi connectivity index (χ0v) is 11.1. The number of benzene rings is 1. The molecule has 5 nitrogen and oxygen atoms in total. The molecule has 0 saturated carbocycles. The molecule has 1 aromatic carbocycles. The highest BCUT2D eigenvalue weighted by atomic mass is 19.1. The Labute approximate surface area is 114 Å². The number of nitrogens with one attached hydrogen (secondary N) is 1. The van der Waals surface area contributed by atoms with Gasteiger partial charge in [-0.25, -0.2) is 18.7 Å². The Morgan fingerprint density at radius 2 is 2.05 bits per heavy atom. The summed E-state index contributed by atoms with van der Waals surface area (Å²) in [7, 11) is 1.49. The average Bonchev–Trinajstić information content (AvgIpc) is 2.39. The number of halogens is 2. The van der Waals surface area contributed by atoms with Crippen LogP contribution in [0.4, 0.5) is 26.1 Å². The number of nitrogens with zero attached hydrogens (tertiary/aromatic N) is 2. The number of aromatic nitrogens is 2. The smallest absolute Gasteiger partial charge is 0.158 e. The average molecular weight is 280 g/mol. The maximum absolute atomic E-state index is 13.9. The number of methoxy groups -OCH3 is 1. The van der Waals surface area contributed by atoms with Gasteiger partial charge in [0.15, 0.2) is 11.6 Å². The molecular weight excluding hydrogens is 266 g/mol. The molecule has 0 fully saturated rings. The van der Waals surface area contributed by atoms with Crippen LogP contribution >= 0.6 is 0 Å². The Balaban J connectivity index is 2.37. The van der Waals surface area contributed by atoms with Gasteiger partial charge >= 0.3 is 0 Å². The molecule has 0 amide bonds. The molecule has 20 heavy (non-hydrogen) atoms. The largest absolute Gasteiger partial charge is 0.384 e. The minimum absolute atomic E-state index is 0.151. The molecule has 7 heteroatoms. The molecule has 0 spiro atoms. The van der Waals surface area contributed by atoms with Crippen LogP contribution in [0, 0.1) is 18.6 Å². The lowest BCUT2D eigenvalue weighted by Gasteiger charge is -2.11. The summed E-state index contributed by atoms with van der Waals surface area (Å²) in [6, 6.07) is 3.93. The van der Waals surface area contributed by atoms with Crippen molar-refractivity contribution in [3.8, 4) is 0 Å². The molecule has 0 aliphatic rings. The number of nitrogen functional groups attached to an aromatic ring is 1. The number of ether oxygens (including phenoxy) is 1. The topological polar surface area (TPSA) is 73.1 Å². The van der Waals surface area contributed by atoms with Crippen LogP contribution in [0.5, 0.6) is 0 Å². The van der Waals surface area contributed by atoms with E-state index in [0.29, 0.717) is 11.4 Å². The normalized spacial score (nSPS) is 10.6. The molecule has 2 aromatic rings. The first-order valence-corrected chi connectivity index (χ1v) is 5.85. The van der Waals surface area contributed by atoms with E-state index < -0.39 is 11.6 Å².